The molecule has 0 radical (unpaired) electrons. The van der Waals surface area contributed by atoms with Gasteiger partial charge in [-0.05, 0) is 37.8 Å². The van der Waals surface area contributed by atoms with Gasteiger partial charge in [-0.15, -0.1) is 0 Å². The number of carboxylic acids is 1. The number of carboxylic acid groups (broad SMARTS) is 1. The number of hydrogen-bond acceptors (Lipinski definition) is 9. The van der Waals surface area contributed by atoms with Crippen molar-refractivity contribution in [2.75, 3.05) is 37.5 Å². The van der Waals surface area contributed by atoms with Gasteiger partial charge in [-0.2, -0.15) is 26.3 Å². The van der Waals surface area contributed by atoms with Crippen molar-refractivity contribution in [3.63, 3.8) is 0 Å². The Bertz CT molecular complexity index is 1510. The van der Waals surface area contributed by atoms with Gasteiger partial charge in [0.15, 0.2) is 23.2 Å². The van der Waals surface area contributed by atoms with E-state index in [-0.39, 0.29) is 29.3 Å². The summed E-state index contributed by atoms with van der Waals surface area (Å²) in [4.78, 5) is 36.8. The average Bonchev–Trinajstić information content (AvgIpc) is 3.72. The minimum Gasteiger partial charge on any atom is -0.476 e. The van der Waals surface area contributed by atoms with Crippen LogP contribution in [0.4, 0.5) is 37.8 Å². The third-order valence-corrected chi connectivity index (χ3v) is 8.16. The van der Waals surface area contributed by atoms with Crippen LogP contribution in [0.2, 0.25) is 0 Å². The normalized spacial score (nSPS) is 16.2. The number of carbonyl (C=O) groups is 2. The monoisotopic (exact) mass is 689 g/mol. The lowest BCUT2D eigenvalue weighted by Crippen LogP contribution is -2.23. The third-order valence-electron chi connectivity index (χ3n) is 8.16. The van der Waals surface area contributed by atoms with Crippen LogP contribution in [-0.4, -0.2) is 59.2 Å². The fourth-order valence-electron chi connectivity index (χ4n) is 5.62. The number of aromatic carboxylic acids is 1. The van der Waals surface area contributed by atoms with E-state index in [4.69, 9.17) is 14.3 Å². The molecular formula is C31H37F6N5O6. The number of carbonyl (C=O) groups excluding carboxylic acids is 1. The summed E-state index contributed by atoms with van der Waals surface area (Å²) in [5.74, 6) is -5.41. The van der Waals surface area contributed by atoms with Crippen molar-refractivity contribution in [3.8, 4) is 0 Å². The molecule has 3 aromatic heterocycles. The number of aromatic nitrogens is 3. The number of amides is 1. The van der Waals surface area contributed by atoms with Gasteiger partial charge in [0, 0.05) is 32.5 Å². The first kappa shape index (κ1) is 36.7. The molecular weight excluding hydrogens is 652 g/mol. The van der Waals surface area contributed by atoms with E-state index in [1.807, 2.05) is 11.9 Å². The molecule has 3 heterocycles. The molecule has 5 rings (SSSR count). The van der Waals surface area contributed by atoms with Gasteiger partial charge in [0.2, 0.25) is 11.5 Å². The zero-order valence-corrected chi connectivity index (χ0v) is 26.4. The quantitative estimate of drug-likeness (QED) is 0.213. The second-order valence-electron chi connectivity index (χ2n) is 11.7. The van der Waals surface area contributed by atoms with E-state index >= 15 is 0 Å². The Balaban J connectivity index is 0.000000246. The van der Waals surface area contributed by atoms with E-state index in [9.17, 15) is 35.9 Å². The second kappa shape index (κ2) is 15.8. The molecule has 0 atom stereocenters. The fourth-order valence-corrected chi connectivity index (χ4v) is 5.62. The smallest absolute Gasteiger partial charge is 0.452 e. The van der Waals surface area contributed by atoms with Crippen molar-refractivity contribution in [3.05, 3.63) is 53.0 Å². The lowest BCUT2D eigenvalue weighted by Gasteiger charge is -2.18. The van der Waals surface area contributed by atoms with Crippen LogP contribution in [0.5, 0.6) is 0 Å². The molecule has 2 aliphatic carbocycles. The number of oxazole rings is 2. The molecule has 17 heteroatoms. The van der Waals surface area contributed by atoms with Crippen LogP contribution in [0.1, 0.15) is 120 Å². The number of alkyl halides is 6. The molecule has 2 saturated carbocycles. The maximum atomic E-state index is 13.4. The number of nitrogens with zero attached hydrogens (tertiary/aromatic N) is 4. The summed E-state index contributed by atoms with van der Waals surface area (Å²) in [5, 5.41) is 11.1. The highest BCUT2D eigenvalue weighted by Crippen LogP contribution is 2.39. The Morgan fingerprint density at radius 2 is 1.38 bits per heavy atom. The van der Waals surface area contributed by atoms with Gasteiger partial charge in [-0.25, -0.2) is 19.7 Å². The summed E-state index contributed by atoms with van der Waals surface area (Å²) in [7, 11) is 3.43. The molecule has 3 aromatic rings. The van der Waals surface area contributed by atoms with Gasteiger partial charge >= 0.3 is 18.3 Å². The summed E-state index contributed by atoms with van der Waals surface area (Å²) in [6.07, 6.45) is 0.246. The van der Waals surface area contributed by atoms with E-state index in [0.29, 0.717) is 44.7 Å². The Hall–Kier alpha value is -4.15. The molecule has 11 nitrogen and oxygen atoms in total. The van der Waals surface area contributed by atoms with Gasteiger partial charge in [-0.3, -0.25) is 4.79 Å². The molecule has 2 aliphatic rings. The Labute approximate surface area is 272 Å². The van der Waals surface area contributed by atoms with Gasteiger partial charge in [0.05, 0.1) is 18.5 Å². The molecule has 2 fully saturated rings. The summed E-state index contributed by atoms with van der Waals surface area (Å²) in [6, 6.07) is 3.23. The number of hydrogen-bond donors (Lipinski definition) is 2. The highest BCUT2D eigenvalue weighted by molar-refractivity contribution is 6.03. The Kier molecular flexibility index (Phi) is 12.1. The van der Waals surface area contributed by atoms with Gasteiger partial charge in [-0.1, -0.05) is 38.5 Å². The molecule has 264 valence electrons. The summed E-state index contributed by atoms with van der Waals surface area (Å²) in [5.41, 5.74) is -1.52. The average molecular weight is 690 g/mol. The molecule has 0 saturated heterocycles. The minimum absolute atomic E-state index is 0.0135. The molecule has 0 aromatic carbocycles. The zero-order chi connectivity index (χ0) is 35.1. The summed E-state index contributed by atoms with van der Waals surface area (Å²) >= 11 is 0. The Morgan fingerprint density at radius 1 is 0.875 bits per heavy atom. The first-order chi connectivity index (χ1) is 22.7. The van der Waals surface area contributed by atoms with E-state index in [2.05, 4.69) is 24.7 Å². The van der Waals surface area contributed by atoms with Crippen molar-refractivity contribution in [1.82, 2.24) is 15.0 Å². The largest absolute Gasteiger partial charge is 0.476 e. The van der Waals surface area contributed by atoms with Crippen LogP contribution < -0.4 is 10.2 Å². The van der Waals surface area contributed by atoms with Crippen LogP contribution in [0, 0.1) is 0 Å². The topological polar surface area (TPSA) is 144 Å². The number of anilines is 2. The maximum Gasteiger partial charge on any atom is 0.452 e. The molecule has 0 unspecified atom stereocenters. The van der Waals surface area contributed by atoms with Crippen molar-refractivity contribution >= 4 is 23.4 Å². The molecule has 0 spiro atoms. The van der Waals surface area contributed by atoms with Crippen LogP contribution in [-0.2, 0) is 17.1 Å². The van der Waals surface area contributed by atoms with Gasteiger partial charge in [0.25, 0.3) is 5.91 Å². The highest BCUT2D eigenvalue weighted by Gasteiger charge is 2.44. The molecule has 1 amide bonds. The molecule has 0 bridgehead atoms. The van der Waals surface area contributed by atoms with Crippen molar-refractivity contribution in [2.24, 2.45) is 0 Å². The van der Waals surface area contributed by atoms with Crippen LogP contribution >= 0.6 is 0 Å². The predicted molar refractivity (Wildman–Crippen MR) is 159 cm³/mol. The van der Waals surface area contributed by atoms with E-state index < -0.39 is 47.1 Å². The highest BCUT2D eigenvalue weighted by atomic mass is 19.4. The third kappa shape index (κ3) is 9.48. The van der Waals surface area contributed by atoms with Gasteiger partial charge in [0.1, 0.15) is 5.82 Å². The number of rotatable bonds is 9. The Morgan fingerprint density at radius 3 is 1.79 bits per heavy atom. The first-order valence-corrected chi connectivity index (χ1v) is 15.6. The number of methoxy groups -OCH3 is 1. The summed E-state index contributed by atoms with van der Waals surface area (Å²) in [6.45, 7) is 1.14. The van der Waals surface area contributed by atoms with Crippen LogP contribution in [0.15, 0.2) is 27.2 Å². The predicted octanol–water partition coefficient (Wildman–Crippen LogP) is 7.91. The first-order valence-electron chi connectivity index (χ1n) is 15.6. The van der Waals surface area contributed by atoms with Crippen molar-refractivity contribution in [1.29, 1.82) is 0 Å². The van der Waals surface area contributed by atoms with E-state index in [1.165, 1.54) is 6.20 Å². The minimum atomic E-state index is -4.83. The molecule has 0 aliphatic heterocycles. The SMILES string of the molecule is COCCN(C)c1ccc(NC(=O)c2nc(C3CCCCC3)oc2C(F)(F)F)cn1.O=C(O)c1nc(C2CCCCC2)oc1C(F)(F)F. The second-order valence-corrected chi connectivity index (χ2v) is 11.7. The molecule has 48 heavy (non-hydrogen) atoms. The number of pyridine rings is 1. The summed E-state index contributed by atoms with van der Waals surface area (Å²) < 4.78 is 92.8. The fraction of sp³-hybridized carbons (Fsp3) is 0.581. The van der Waals surface area contributed by atoms with Crippen LogP contribution in [0.3, 0.4) is 0 Å². The zero-order valence-electron chi connectivity index (χ0n) is 26.4. The van der Waals surface area contributed by atoms with Crippen molar-refractivity contribution in [2.45, 2.75) is 88.4 Å². The lowest BCUT2D eigenvalue weighted by atomic mass is 9.89. The molecule has 2 N–H and O–H groups in total. The standard InChI is InChI=1S/C20H25F3N4O3.C11H12F3NO3/c1-27(10-11-29-2)15-9-8-14(12-24-15)25-18(28)16-17(20(21,22)23)30-19(26-16)13-6-4-3-5-7-13;12-11(13,14)8-7(10(16)17)15-9(18-8)6-4-2-1-3-5-6/h8-9,12-13H,3-7,10-11H2,1-2H3,(H,25,28);6H,1-5H2,(H,16,17). The number of likely N-dealkylation sites (N-methyl/N-ethyl adjacent to an activating group) is 1. The van der Waals surface area contributed by atoms with E-state index in [1.54, 1.807) is 19.2 Å². The lowest BCUT2D eigenvalue weighted by molar-refractivity contribution is -0.154. The van der Waals surface area contributed by atoms with Gasteiger partial charge < -0.3 is 28.9 Å². The van der Waals surface area contributed by atoms with Crippen molar-refractivity contribution < 1.29 is 54.6 Å². The van der Waals surface area contributed by atoms with E-state index in [0.717, 1.165) is 38.5 Å². The van der Waals surface area contributed by atoms with Crippen LogP contribution in [0.25, 0.3) is 0 Å². The number of halogens is 6. The maximum absolute atomic E-state index is 13.4. The number of ether oxygens (including phenoxy) is 1. The number of nitrogens with one attached hydrogen (secondary N) is 1.